The number of nitrogens with zero attached hydrogens (tertiary/aromatic N) is 4. The van der Waals surface area contributed by atoms with E-state index in [9.17, 15) is 4.79 Å². The summed E-state index contributed by atoms with van der Waals surface area (Å²) in [4.78, 5) is 16.7. The first-order chi connectivity index (χ1) is 11.7. The standard InChI is InChI=1S/C17H26N6O/c1-3-13(17-18-11-19-23(17)4-2)20-16(24)10-9-15-12-7-5-6-8-14(12)21-22-15/h11,13H,3-10H2,1-2H3,(H,20,24)(H,21,22). The van der Waals surface area contributed by atoms with Crippen molar-refractivity contribution in [3.05, 3.63) is 29.1 Å². The number of nitrogens with one attached hydrogen (secondary N) is 2. The van der Waals surface area contributed by atoms with Gasteiger partial charge in [0, 0.05) is 25.1 Å². The van der Waals surface area contributed by atoms with Crippen LogP contribution in [0.1, 0.15) is 68.3 Å². The van der Waals surface area contributed by atoms with Crippen LogP contribution in [0.5, 0.6) is 0 Å². The topological polar surface area (TPSA) is 88.5 Å². The number of hydrogen-bond donors (Lipinski definition) is 2. The maximum absolute atomic E-state index is 12.4. The Morgan fingerprint density at radius 1 is 1.38 bits per heavy atom. The van der Waals surface area contributed by atoms with Crippen molar-refractivity contribution in [2.45, 2.75) is 71.4 Å². The minimum atomic E-state index is -0.0898. The van der Waals surface area contributed by atoms with Crippen LogP contribution in [0.2, 0.25) is 0 Å². The van der Waals surface area contributed by atoms with E-state index in [0.29, 0.717) is 12.8 Å². The van der Waals surface area contributed by atoms with Crippen molar-refractivity contribution < 1.29 is 4.79 Å². The van der Waals surface area contributed by atoms with Crippen LogP contribution in [-0.4, -0.2) is 30.9 Å². The molecule has 0 radical (unpaired) electrons. The highest BCUT2D eigenvalue weighted by Crippen LogP contribution is 2.23. The molecule has 7 heteroatoms. The number of rotatable bonds is 7. The van der Waals surface area contributed by atoms with Gasteiger partial charge in [0.15, 0.2) is 0 Å². The molecule has 0 aromatic carbocycles. The molecular weight excluding hydrogens is 304 g/mol. The largest absolute Gasteiger partial charge is 0.346 e. The second kappa shape index (κ2) is 7.59. The van der Waals surface area contributed by atoms with Crippen molar-refractivity contribution in [1.29, 1.82) is 0 Å². The van der Waals surface area contributed by atoms with E-state index in [0.717, 1.165) is 37.3 Å². The van der Waals surface area contributed by atoms with Gasteiger partial charge in [-0.2, -0.15) is 10.2 Å². The van der Waals surface area contributed by atoms with Crippen LogP contribution < -0.4 is 5.32 Å². The molecule has 0 saturated carbocycles. The fraction of sp³-hybridized carbons (Fsp3) is 0.647. The number of aryl methyl sites for hydroxylation is 3. The summed E-state index contributed by atoms with van der Waals surface area (Å²) in [6, 6.07) is -0.0898. The van der Waals surface area contributed by atoms with Gasteiger partial charge >= 0.3 is 0 Å². The lowest BCUT2D eigenvalue weighted by molar-refractivity contribution is -0.121. The van der Waals surface area contributed by atoms with Crippen molar-refractivity contribution >= 4 is 5.91 Å². The highest BCUT2D eigenvalue weighted by Gasteiger charge is 2.20. The summed E-state index contributed by atoms with van der Waals surface area (Å²) >= 11 is 0. The summed E-state index contributed by atoms with van der Waals surface area (Å²) < 4.78 is 1.83. The number of hydrogen-bond acceptors (Lipinski definition) is 4. The Labute approximate surface area is 142 Å². The summed E-state index contributed by atoms with van der Waals surface area (Å²) in [5, 5.41) is 14.8. The molecule has 0 spiro atoms. The third kappa shape index (κ3) is 3.49. The van der Waals surface area contributed by atoms with Crippen molar-refractivity contribution in [3.8, 4) is 0 Å². The molecule has 0 aliphatic heterocycles. The SMILES string of the molecule is CCC(NC(=O)CCc1n[nH]c2c1CCCC2)c1ncnn1CC. The average Bonchev–Trinajstić information content (AvgIpc) is 3.24. The fourth-order valence-corrected chi connectivity index (χ4v) is 3.39. The Bertz CT molecular complexity index is 689. The van der Waals surface area contributed by atoms with Gasteiger partial charge < -0.3 is 5.32 Å². The van der Waals surface area contributed by atoms with E-state index in [-0.39, 0.29) is 11.9 Å². The van der Waals surface area contributed by atoms with Gasteiger partial charge in [-0.05, 0) is 44.6 Å². The molecule has 1 atom stereocenters. The maximum Gasteiger partial charge on any atom is 0.220 e. The minimum absolute atomic E-state index is 0.0417. The maximum atomic E-state index is 12.4. The summed E-state index contributed by atoms with van der Waals surface area (Å²) in [5.41, 5.74) is 3.66. The van der Waals surface area contributed by atoms with E-state index in [1.807, 2.05) is 18.5 Å². The Morgan fingerprint density at radius 3 is 3.00 bits per heavy atom. The van der Waals surface area contributed by atoms with Gasteiger partial charge in [-0.3, -0.25) is 9.89 Å². The first-order valence-electron chi connectivity index (χ1n) is 8.95. The van der Waals surface area contributed by atoms with Crippen molar-refractivity contribution in [1.82, 2.24) is 30.3 Å². The molecule has 1 unspecified atom stereocenters. The Balaban J connectivity index is 1.58. The Morgan fingerprint density at radius 2 is 2.21 bits per heavy atom. The predicted octanol–water partition coefficient (Wildman–Crippen LogP) is 2.10. The quantitative estimate of drug-likeness (QED) is 0.813. The number of carbonyl (C=O) groups is 1. The third-order valence-electron chi connectivity index (χ3n) is 4.73. The number of amides is 1. The molecular formula is C17H26N6O. The first-order valence-corrected chi connectivity index (χ1v) is 8.95. The van der Waals surface area contributed by atoms with Gasteiger partial charge in [0.2, 0.25) is 5.91 Å². The molecule has 0 bridgehead atoms. The van der Waals surface area contributed by atoms with E-state index in [2.05, 4.69) is 25.6 Å². The van der Waals surface area contributed by atoms with E-state index in [4.69, 9.17) is 0 Å². The molecule has 1 aliphatic carbocycles. The smallest absolute Gasteiger partial charge is 0.220 e. The van der Waals surface area contributed by atoms with Crippen molar-refractivity contribution in [2.24, 2.45) is 0 Å². The Kier molecular flexibility index (Phi) is 5.27. The van der Waals surface area contributed by atoms with Crippen LogP contribution in [0.25, 0.3) is 0 Å². The van der Waals surface area contributed by atoms with Gasteiger partial charge in [-0.15, -0.1) is 0 Å². The van der Waals surface area contributed by atoms with Gasteiger partial charge in [0.1, 0.15) is 12.2 Å². The minimum Gasteiger partial charge on any atom is -0.346 e. The second-order valence-electron chi connectivity index (χ2n) is 6.30. The van der Waals surface area contributed by atoms with E-state index in [1.54, 1.807) is 6.33 Å². The molecule has 0 saturated heterocycles. The van der Waals surface area contributed by atoms with Crippen LogP contribution in [0.15, 0.2) is 6.33 Å². The predicted molar refractivity (Wildman–Crippen MR) is 90.4 cm³/mol. The molecule has 2 aromatic heterocycles. The molecule has 130 valence electrons. The zero-order chi connectivity index (χ0) is 16.9. The number of aromatic amines is 1. The van der Waals surface area contributed by atoms with Crippen LogP contribution in [0.3, 0.4) is 0 Å². The highest BCUT2D eigenvalue weighted by molar-refractivity contribution is 5.76. The molecule has 3 rings (SSSR count). The van der Waals surface area contributed by atoms with E-state index >= 15 is 0 Å². The highest BCUT2D eigenvalue weighted by atomic mass is 16.1. The van der Waals surface area contributed by atoms with Crippen LogP contribution >= 0.6 is 0 Å². The van der Waals surface area contributed by atoms with Crippen LogP contribution in [0, 0.1) is 0 Å². The molecule has 2 aromatic rings. The van der Waals surface area contributed by atoms with Crippen molar-refractivity contribution in [3.63, 3.8) is 0 Å². The number of aromatic nitrogens is 5. The monoisotopic (exact) mass is 330 g/mol. The van der Waals surface area contributed by atoms with Gasteiger partial charge in [0.05, 0.1) is 11.7 Å². The lowest BCUT2D eigenvalue weighted by Crippen LogP contribution is -2.30. The molecule has 2 heterocycles. The summed E-state index contributed by atoms with van der Waals surface area (Å²) in [6.45, 7) is 4.82. The van der Waals surface area contributed by atoms with Crippen LogP contribution in [-0.2, 0) is 30.6 Å². The van der Waals surface area contributed by atoms with Gasteiger partial charge in [-0.25, -0.2) is 9.67 Å². The van der Waals surface area contributed by atoms with Gasteiger partial charge in [-0.1, -0.05) is 6.92 Å². The third-order valence-corrected chi connectivity index (χ3v) is 4.73. The van der Waals surface area contributed by atoms with Crippen LogP contribution in [0.4, 0.5) is 0 Å². The second-order valence-corrected chi connectivity index (χ2v) is 6.30. The zero-order valence-electron chi connectivity index (χ0n) is 14.5. The molecule has 1 amide bonds. The lowest BCUT2D eigenvalue weighted by atomic mass is 9.94. The van der Waals surface area contributed by atoms with Crippen molar-refractivity contribution in [2.75, 3.05) is 0 Å². The number of fused-ring (bicyclic) bond motifs is 1. The molecule has 0 fully saturated rings. The molecule has 24 heavy (non-hydrogen) atoms. The summed E-state index contributed by atoms with van der Waals surface area (Å²) in [6.07, 6.45) is 8.09. The number of carbonyl (C=O) groups excluding carboxylic acids is 1. The molecule has 7 nitrogen and oxygen atoms in total. The first kappa shape index (κ1) is 16.7. The normalized spacial score (nSPS) is 15.1. The zero-order valence-corrected chi connectivity index (χ0v) is 14.5. The summed E-state index contributed by atoms with van der Waals surface area (Å²) in [7, 11) is 0. The average molecular weight is 330 g/mol. The molecule has 1 aliphatic rings. The summed E-state index contributed by atoms with van der Waals surface area (Å²) in [5.74, 6) is 0.866. The van der Waals surface area contributed by atoms with Gasteiger partial charge in [0.25, 0.3) is 0 Å². The number of H-pyrrole nitrogens is 1. The molecule has 2 N–H and O–H groups in total. The van der Waals surface area contributed by atoms with E-state index < -0.39 is 0 Å². The Hall–Kier alpha value is -2.18. The fourth-order valence-electron chi connectivity index (χ4n) is 3.39. The van der Waals surface area contributed by atoms with E-state index in [1.165, 1.54) is 24.1 Å². The lowest BCUT2D eigenvalue weighted by Gasteiger charge is -2.17.